The summed E-state index contributed by atoms with van der Waals surface area (Å²) in [7, 11) is 1.80. The van der Waals surface area contributed by atoms with Gasteiger partial charge in [-0.3, -0.25) is 4.79 Å². The van der Waals surface area contributed by atoms with Crippen LogP contribution in [0.3, 0.4) is 0 Å². The molecule has 17 heavy (non-hydrogen) atoms. The van der Waals surface area contributed by atoms with E-state index in [9.17, 15) is 4.79 Å². The van der Waals surface area contributed by atoms with Crippen LogP contribution >= 0.6 is 12.6 Å². The fourth-order valence-corrected chi connectivity index (χ4v) is 1.89. The lowest BCUT2D eigenvalue weighted by Gasteiger charge is -2.24. The molecule has 0 atom stereocenters. The zero-order valence-electron chi connectivity index (χ0n) is 11.2. The number of nitrogens with zero attached hydrogens (tertiary/aromatic N) is 1. The van der Waals surface area contributed by atoms with Gasteiger partial charge in [-0.15, -0.1) is 0 Å². The highest BCUT2D eigenvalue weighted by molar-refractivity contribution is 7.81. The summed E-state index contributed by atoms with van der Waals surface area (Å²) in [5.41, 5.74) is 3.40. The van der Waals surface area contributed by atoms with Gasteiger partial charge >= 0.3 is 0 Å². The van der Waals surface area contributed by atoms with E-state index in [0.29, 0.717) is 0 Å². The van der Waals surface area contributed by atoms with Crippen LogP contribution < -0.4 is 4.90 Å². The summed E-state index contributed by atoms with van der Waals surface area (Å²) in [6.07, 6.45) is 0. The van der Waals surface area contributed by atoms with E-state index in [4.69, 9.17) is 0 Å². The van der Waals surface area contributed by atoms with Crippen LogP contribution in [-0.2, 0) is 10.2 Å². The van der Waals surface area contributed by atoms with Gasteiger partial charge in [0.1, 0.15) is 0 Å². The molecule has 0 spiro atoms. The third-order valence-corrected chi connectivity index (χ3v) is 3.22. The van der Waals surface area contributed by atoms with Crippen LogP contribution in [-0.4, -0.2) is 18.7 Å². The molecular formula is C14H21NOS. The standard InChI is InChI=1S/C14H21NOS/c1-10-6-7-11(14(2,3)4)8-12(10)15(5)13(16)9-17/h6-8,17H,9H2,1-5H3. The largest absolute Gasteiger partial charge is 0.315 e. The minimum atomic E-state index is 0.0162. The molecule has 0 radical (unpaired) electrons. The summed E-state index contributed by atoms with van der Waals surface area (Å²) in [6.45, 7) is 8.52. The Kier molecular flexibility index (Phi) is 4.26. The minimum Gasteiger partial charge on any atom is -0.315 e. The maximum Gasteiger partial charge on any atom is 0.236 e. The molecule has 1 aromatic carbocycles. The van der Waals surface area contributed by atoms with Crippen molar-refractivity contribution >= 4 is 24.2 Å². The smallest absolute Gasteiger partial charge is 0.236 e. The van der Waals surface area contributed by atoms with Gasteiger partial charge in [-0.25, -0.2) is 0 Å². The SMILES string of the molecule is Cc1ccc(C(C)(C)C)cc1N(C)C(=O)CS. The van der Waals surface area contributed by atoms with E-state index in [-0.39, 0.29) is 17.1 Å². The molecule has 0 bridgehead atoms. The zero-order chi connectivity index (χ0) is 13.2. The van der Waals surface area contributed by atoms with Gasteiger partial charge in [0.15, 0.2) is 0 Å². The Bertz CT molecular complexity index is 421. The molecule has 0 aliphatic carbocycles. The number of amides is 1. The molecule has 1 amide bonds. The molecule has 0 aliphatic rings. The monoisotopic (exact) mass is 251 g/mol. The van der Waals surface area contributed by atoms with Gasteiger partial charge in [0.05, 0.1) is 5.75 Å². The second-order valence-corrected chi connectivity index (χ2v) is 5.68. The molecule has 1 rings (SSSR count). The van der Waals surface area contributed by atoms with Gasteiger partial charge in [-0.05, 0) is 29.5 Å². The van der Waals surface area contributed by atoms with E-state index < -0.39 is 0 Å². The molecule has 94 valence electrons. The number of aryl methyl sites for hydroxylation is 1. The Labute approximate surface area is 109 Å². The first-order chi connectivity index (χ1) is 7.77. The number of carbonyl (C=O) groups excluding carboxylic acids is 1. The topological polar surface area (TPSA) is 20.3 Å². The van der Waals surface area contributed by atoms with Crippen LogP contribution in [0.4, 0.5) is 5.69 Å². The highest BCUT2D eigenvalue weighted by atomic mass is 32.1. The molecule has 3 heteroatoms. The molecule has 1 aromatic rings. The average Bonchev–Trinajstić information content (AvgIpc) is 2.26. The van der Waals surface area contributed by atoms with E-state index >= 15 is 0 Å². The third-order valence-electron chi connectivity index (χ3n) is 2.95. The third kappa shape index (κ3) is 3.25. The zero-order valence-corrected chi connectivity index (χ0v) is 12.1. The van der Waals surface area contributed by atoms with Crippen molar-refractivity contribution in [3.63, 3.8) is 0 Å². The molecule has 0 saturated carbocycles. The van der Waals surface area contributed by atoms with Crippen molar-refractivity contribution < 1.29 is 4.79 Å². The van der Waals surface area contributed by atoms with Crippen molar-refractivity contribution in [2.24, 2.45) is 0 Å². The van der Waals surface area contributed by atoms with Crippen LogP contribution in [0.2, 0.25) is 0 Å². The van der Waals surface area contributed by atoms with Crippen molar-refractivity contribution in [2.45, 2.75) is 33.1 Å². The lowest BCUT2D eigenvalue weighted by molar-refractivity contribution is -0.115. The lowest BCUT2D eigenvalue weighted by Crippen LogP contribution is -2.28. The summed E-state index contributed by atoms with van der Waals surface area (Å²) in [5.74, 6) is 0.248. The maximum atomic E-state index is 11.7. The van der Waals surface area contributed by atoms with E-state index in [0.717, 1.165) is 11.3 Å². The summed E-state index contributed by atoms with van der Waals surface area (Å²) >= 11 is 4.03. The second kappa shape index (κ2) is 5.13. The molecule has 0 unspecified atom stereocenters. The molecular weight excluding hydrogens is 230 g/mol. The summed E-state index contributed by atoms with van der Waals surface area (Å²) in [4.78, 5) is 13.4. The Balaban J connectivity index is 3.20. The van der Waals surface area contributed by atoms with E-state index in [1.165, 1.54) is 5.56 Å². The van der Waals surface area contributed by atoms with Gasteiger partial charge in [-0.1, -0.05) is 32.9 Å². The van der Waals surface area contributed by atoms with Crippen LogP contribution in [0, 0.1) is 6.92 Å². The number of hydrogen-bond acceptors (Lipinski definition) is 2. The van der Waals surface area contributed by atoms with Crippen molar-refractivity contribution in [3.05, 3.63) is 29.3 Å². The number of hydrogen-bond donors (Lipinski definition) is 1. The number of carbonyl (C=O) groups is 1. The first-order valence-electron chi connectivity index (χ1n) is 5.76. The van der Waals surface area contributed by atoms with Gasteiger partial charge in [-0.2, -0.15) is 12.6 Å². The van der Waals surface area contributed by atoms with Crippen LogP contribution in [0.15, 0.2) is 18.2 Å². The number of rotatable bonds is 2. The Morgan fingerprint density at radius 1 is 1.35 bits per heavy atom. The number of anilines is 1. The van der Waals surface area contributed by atoms with E-state index in [1.54, 1.807) is 11.9 Å². The predicted molar refractivity (Wildman–Crippen MR) is 77.1 cm³/mol. The predicted octanol–water partition coefficient (Wildman–Crippen LogP) is 3.19. The van der Waals surface area contributed by atoms with Crippen LogP contribution in [0.25, 0.3) is 0 Å². The van der Waals surface area contributed by atoms with E-state index in [1.807, 2.05) is 6.92 Å². The summed E-state index contributed by atoms with van der Waals surface area (Å²) in [5, 5.41) is 0. The first-order valence-corrected chi connectivity index (χ1v) is 6.39. The second-order valence-electron chi connectivity index (χ2n) is 5.36. The Morgan fingerprint density at radius 2 is 1.94 bits per heavy atom. The van der Waals surface area contributed by atoms with Crippen molar-refractivity contribution in [1.82, 2.24) is 0 Å². The van der Waals surface area contributed by atoms with Crippen LogP contribution in [0.1, 0.15) is 31.9 Å². The summed E-state index contributed by atoms with van der Waals surface area (Å²) < 4.78 is 0. The summed E-state index contributed by atoms with van der Waals surface area (Å²) in [6, 6.07) is 6.28. The molecule has 0 N–H and O–H groups in total. The number of thiol groups is 1. The Hall–Kier alpha value is -0.960. The molecule has 0 fully saturated rings. The van der Waals surface area contributed by atoms with Crippen molar-refractivity contribution in [2.75, 3.05) is 17.7 Å². The average molecular weight is 251 g/mol. The van der Waals surface area contributed by atoms with Crippen molar-refractivity contribution in [1.29, 1.82) is 0 Å². The molecule has 0 saturated heterocycles. The first kappa shape index (κ1) is 14.1. The van der Waals surface area contributed by atoms with Gasteiger partial charge < -0.3 is 4.90 Å². The fourth-order valence-electron chi connectivity index (χ4n) is 1.68. The minimum absolute atomic E-state index is 0.0162. The van der Waals surface area contributed by atoms with Gasteiger partial charge in [0.25, 0.3) is 0 Å². The highest BCUT2D eigenvalue weighted by Gasteiger charge is 2.17. The van der Waals surface area contributed by atoms with Gasteiger partial charge in [0, 0.05) is 12.7 Å². The molecule has 0 aromatic heterocycles. The molecule has 0 aliphatic heterocycles. The molecule has 0 heterocycles. The van der Waals surface area contributed by atoms with Gasteiger partial charge in [0.2, 0.25) is 5.91 Å². The Morgan fingerprint density at radius 3 is 2.41 bits per heavy atom. The van der Waals surface area contributed by atoms with Crippen LogP contribution in [0.5, 0.6) is 0 Å². The fraction of sp³-hybridized carbons (Fsp3) is 0.500. The van der Waals surface area contributed by atoms with Crippen molar-refractivity contribution in [3.8, 4) is 0 Å². The lowest BCUT2D eigenvalue weighted by atomic mass is 9.86. The number of benzene rings is 1. The quantitative estimate of drug-likeness (QED) is 0.800. The normalized spacial score (nSPS) is 11.4. The molecule has 2 nitrogen and oxygen atoms in total. The maximum absolute atomic E-state index is 11.7. The van der Waals surface area contributed by atoms with E-state index in [2.05, 4.69) is 51.6 Å². The highest BCUT2D eigenvalue weighted by Crippen LogP contribution is 2.28.